The van der Waals surface area contributed by atoms with Crippen LogP contribution in [0.25, 0.3) is 22.1 Å². The summed E-state index contributed by atoms with van der Waals surface area (Å²) < 4.78 is 108. The van der Waals surface area contributed by atoms with Crippen LogP contribution in [-0.2, 0) is 33.9 Å². The van der Waals surface area contributed by atoms with Crippen molar-refractivity contribution in [3.63, 3.8) is 0 Å². The van der Waals surface area contributed by atoms with Gasteiger partial charge in [-0.05, 0) is 50.2 Å². The number of imidazole rings is 2. The van der Waals surface area contributed by atoms with Gasteiger partial charge in [-0.15, -0.1) is 0 Å². The van der Waals surface area contributed by atoms with E-state index in [4.69, 9.17) is 9.47 Å². The summed E-state index contributed by atoms with van der Waals surface area (Å²) >= 11 is -3.03. The molecule has 50 heavy (non-hydrogen) atoms. The topological polar surface area (TPSA) is 148 Å². The maximum absolute atomic E-state index is 12.5. The van der Waals surface area contributed by atoms with Gasteiger partial charge >= 0.3 is 22.7 Å². The van der Waals surface area contributed by atoms with Crippen molar-refractivity contribution >= 4 is 44.4 Å². The van der Waals surface area contributed by atoms with Gasteiger partial charge < -0.3 is 18.6 Å². The van der Waals surface area contributed by atoms with Crippen LogP contribution in [-0.4, -0.2) is 64.6 Å². The summed E-state index contributed by atoms with van der Waals surface area (Å²) in [4.78, 5) is 22.7. The molecule has 2 aromatic carbocycles. The number of pyridine rings is 2. The summed E-state index contributed by atoms with van der Waals surface area (Å²) in [5, 5.41) is 0.591. The van der Waals surface area contributed by atoms with Crippen molar-refractivity contribution in [2.75, 3.05) is 13.2 Å². The molecule has 0 aliphatic heterocycles. The Hall–Kier alpha value is -4.52. The zero-order chi connectivity index (χ0) is 36.1. The lowest BCUT2D eigenvalue weighted by Crippen LogP contribution is -2.20. The number of hydrogen-bond donors (Lipinski definition) is 2. The Morgan fingerprint density at radius 1 is 0.620 bits per heavy atom. The minimum absolute atomic E-state index is 0.0227. The predicted molar refractivity (Wildman–Crippen MR) is 173 cm³/mol. The summed E-state index contributed by atoms with van der Waals surface area (Å²) in [5.41, 5.74) is 4.57. The second-order valence-electron chi connectivity index (χ2n) is 10.7. The van der Waals surface area contributed by atoms with E-state index in [1.165, 1.54) is 24.5 Å². The Morgan fingerprint density at radius 2 is 1.00 bits per heavy atom. The molecule has 6 aromatic rings. The van der Waals surface area contributed by atoms with Crippen LogP contribution < -0.4 is 9.47 Å². The van der Waals surface area contributed by atoms with Crippen LogP contribution in [0.1, 0.15) is 22.5 Å². The van der Waals surface area contributed by atoms with Crippen LogP contribution >= 0.6 is 0 Å². The average Bonchev–Trinajstić information content (AvgIpc) is 3.70. The molecule has 4 aromatic heterocycles. The molecule has 18 heteroatoms. The minimum Gasteiger partial charge on any atom is -0.609 e. The molecule has 4 heterocycles. The van der Waals surface area contributed by atoms with E-state index in [0.29, 0.717) is 43.9 Å². The highest BCUT2D eigenvalue weighted by atomic mass is 32.2. The number of para-hydroxylation sites is 4. The summed E-state index contributed by atoms with van der Waals surface area (Å²) in [5.74, 6) is 0.192. The van der Waals surface area contributed by atoms with Crippen LogP contribution in [0.2, 0.25) is 0 Å². The van der Waals surface area contributed by atoms with Gasteiger partial charge in [-0.2, -0.15) is 36.3 Å². The van der Waals surface area contributed by atoms with Crippen molar-refractivity contribution < 1.29 is 44.9 Å². The monoisotopic (exact) mass is 738 g/mol. The van der Waals surface area contributed by atoms with E-state index in [0.717, 1.165) is 11.0 Å². The van der Waals surface area contributed by atoms with Crippen molar-refractivity contribution in [1.82, 2.24) is 29.9 Å². The third kappa shape index (κ3) is 9.80. The molecule has 2 N–H and O–H groups in total. The Labute approximate surface area is 287 Å². The Bertz CT molecular complexity index is 1840. The van der Waals surface area contributed by atoms with Gasteiger partial charge in [-0.3, -0.25) is 19.9 Å². The Balaban J connectivity index is 0.000000194. The first-order chi connectivity index (χ1) is 23.7. The fourth-order valence-electron chi connectivity index (χ4n) is 4.50. The molecule has 0 saturated heterocycles. The summed E-state index contributed by atoms with van der Waals surface area (Å²) in [6.07, 6.45) is -6.17. The number of ether oxygens (including phenoxy) is 2. The van der Waals surface area contributed by atoms with Crippen LogP contribution in [0, 0.1) is 13.8 Å². The number of benzene rings is 2. The SMILES string of the molecule is Cc1c(OCC(F)(F)F)ccnc1C[S+]([O-])c1nc2ccccc2[nH]1.Cc1c(OCC(F)(F)F)ccnc1C[S+]([O-])c1nc2ccccc2[nH]1. The van der Waals surface area contributed by atoms with Crippen LogP contribution in [0.5, 0.6) is 11.5 Å². The Kier molecular flexibility index (Phi) is 11.4. The number of hydrogen-bond acceptors (Lipinski definition) is 8. The number of H-pyrrole nitrogens is 2. The van der Waals surface area contributed by atoms with Crippen molar-refractivity contribution in [2.24, 2.45) is 0 Å². The number of nitrogens with zero attached hydrogens (tertiary/aromatic N) is 4. The van der Waals surface area contributed by atoms with Gasteiger partial charge in [0.1, 0.15) is 11.5 Å². The summed E-state index contributed by atoms with van der Waals surface area (Å²) in [7, 11) is 0. The van der Waals surface area contributed by atoms with Gasteiger partial charge in [0.05, 0.1) is 33.5 Å². The highest BCUT2D eigenvalue weighted by Gasteiger charge is 2.30. The Morgan fingerprint density at radius 3 is 1.36 bits per heavy atom. The van der Waals surface area contributed by atoms with E-state index >= 15 is 0 Å². The smallest absolute Gasteiger partial charge is 0.422 e. The van der Waals surface area contributed by atoms with Gasteiger partial charge in [-0.25, -0.2) is 0 Å². The molecule has 2 atom stereocenters. The molecule has 0 spiro atoms. The molecule has 10 nitrogen and oxygen atoms in total. The normalized spacial score (nSPS) is 13.2. The van der Waals surface area contributed by atoms with Gasteiger partial charge in [0.25, 0.3) is 0 Å². The lowest BCUT2D eigenvalue weighted by atomic mass is 10.2. The minimum atomic E-state index is -4.42. The summed E-state index contributed by atoms with van der Waals surface area (Å²) in [6, 6.07) is 17.2. The zero-order valence-electron chi connectivity index (χ0n) is 26.3. The first kappa shape index (κ1) is 36.8. The third-order valence-corrected chi connectivity index (χ3v) is 9.32. The van der Waals surface area contributed by atoms with Gasteiger partial charge in [0, 0.05) is 45.9 Å². The average molecular weight is 739 g/mol. The zero-order valence-corrected chi connectivity index (χ0v) is 27.9. The van der Waals surface area contributed by atoms with Gasteiger partial charge in [0.2, 0.25) is 0 Å². The second kappa shape index (κ2) is 15.6. The lowest BCUT2D eigenvalue weighted by Gasteiger charge is -2.14. The van der Waals surface area contributed by atoms with E-state index in [2.05, 4.69) is 29.9 Å². The molecule has 0 saturated carbocycles. The van der Waals surface area contributed by atoms with Crippen molar-refractivity contribution in [3.8, 4) is 11.5 Å². The molecule has 2 unspecified atom stereocenters. The number of rotatable bonds is 10. The highest BCUT2D eigenvalue weighted by molar-refractivity contribution is 7.90. The predicted octanol–water partition coefficient (Wildman–Crippen LogP) is 7.03. The molecular weight excluding hydrogens is 711 g/mol. The molecule has 264 valence electrons. The quantitative estimate of drug-likeness (QED) is 0.113. The second-order valence-corrected chi connectivity index (χ2v) is 13.4. The van der Waals surface area contributed by atoms with Crippen molar-refractivity contribution in [1.29, 1.82) is 0 Å². The molecule has 0 amide bonds. The number of alkyl halides is 6. The third-order valence-electron chi connectivity index (χ3n) is 7.00. The highest BCUT2D eigenvalue weighted by Crippen LogP contribution is 2.27. The number of aromatic nitrogens is 6. The largest absolute Gasteiger partial charge is 0.609 e. The van der Waals surface area contributed by atoms with Crippen molar-refractivity contribution in [2.45, 2.75) is 48.0 Å². The number of halogens is 6. The first-order valence-electron chi connectivity index (χ1n) is 14.6. The molecule has 0 aliphatic carbocycles. The van der Waals surface area contributed by atoms with Gasteiger partial charge in [0.15, 0.2) is 24.7 Å². The molecule has 6 rings (SSSR count). The van der Waals surface area contributed by atoms with Crippen LogP contribution in [0.3, 0.4) is 0 Å². The maximum Gasteiger partial charge on any atom is 0.422 e. The molecular formula is C32H28F6N6O4S2. The molecule has 0 fully saturated rings. The van der Waals surface area contributed by atoms with E-state index in [1.807, 2.05) is 36.4 Å². The fourth-order valence-corrected chi connectivity index (χ4v) is 6.70. The van der Waals surface area contributed by atoms with Crippen molar-refractivity contribution in [3.05, 3.63) is 95.6 Å². The standard InChI is InChI=1S/2C16H14F3N3O2S/c2*1-10-13(20-7-6-14(10)24-9-16(17,18)19)8-25(23)15-21-11-4-2-3-5-12(11)22-15/h2*2-7H,8-9H2,1H3,(H,21,22). The lowest BCUT2D eigenvalue weighted by molar-refractivity contribution is -0.154. The molecule has 0 radical (unpaired) electrons. The van der Waals surface area contributed by atoms with E-state index in [-0.39, 0.29) is 23.0 Å². The van der Waals surface area contributed by atoms with Crippen LogP contribution in [0.15, 0.2) is 83.4 Å². The fraction of sp³-hybridized carbons (Fsp3) is 0.250. The van der Waals surface area contributed by atoms with E-state index < -0.39 is 47.9 Å². The van der Waals surface area contributed by atoms with E-state index in [9.17, 15) is 35.4 Å². The number of nitrogens with one attached hydrogen (secondary N) is 2. The van der Waals surface area contributed by atoms with E-state index in [1.54, 1.807) is 26.0 Å². The summed E-state index contributed by atoms with van der Waals surface area (Å²) in [6.45, 7) is 0.404. The number of fused-ring (bicyclic) bond motifs is 2. The number of aromatic amines is 2. The molecule has 0 aliphatic rings. The van der Waals surface area contributed by atoms with Crippen LogP contribution in [0.4, 0.5) is 26.3 Å². The first-order valence-corrected chi connectivity index (χ1v) is 17.2. The molecule has 0 bridgehead atoms. The maximum atomic E-state index is 12.5. The van der Waals surface area contributed by atoms with Gasteiger partial charge in [-0.1, -0.05) is 24.3 Å².